The fourth-order valence-corrected chi connectivity index (χ4v) is 5.22. The molecule has 1 heteroatoms. The summed E-state index contributed by atoms with van der Waals surface area (Å²) >= 11 is 0. The zero-order valence-electron chi connectivity index (χ0n) is 20.2. The summed E-state index contributed by atoms with van der Waals surface area (Å²) in [6.45, 7) is 0. The lowest BCUT2D eigenvalue weighted by Gasteiger charge is -2.19. The first-order valence-electron chi connectivity index (χ1n) is 12.2. The van der Waals surface area contributed by atoms with Crippen LogP contribution in [0.3, 0.4) is 0 Å². The van der Waals surface area contributed by atoms with E-state index in [9.17, 15) is 0 Å². The zero-order valence-corrected chi connectivity index (χ0v) is 20.2. The van der Waals surface area contributed by atoms with Gasteiger partial charge in [0.2, 0.25) is 0 Å². The highest BCUT2D eigenvalue weighted by Crippen LogP contribution is 2.44. The molecule has 0 aliphatic carbocycles. The first kappa shape index (κ1) is 21.9. The first-order valence-corrected chi connectivity index (χ1v) is 12.2. The molecule has 0 aliphatic rings. The Morgan fingerprint density at radius 1 is 0.472 bits per heavy atom. The van der Waals surface area contributed by atoms with Crippen LogP contribution in [0.15, 0.2) is 134 Å². The van der Waals surface area contributed by atoms with Crippen molar-refractivity contribution in [2.24, 2.45) is 0 Å². The Hall–Kier alpha value is -4.62. The summed E-state index contributed by atoms with van der Waals surface area (Å²) in [7, 11) is 1.68. The molecule has 0 saturated heterocycles. The minimum Gasteiger partial charge on any atom is -0.504 e. The second kappa shape index (κ2) is 9.56. The summed E-state index contributed by atoms with van der Waals surface area (Å²) in [5.74, 6) is 0. The predicted molar refractivity (Wildman–Crippen MR) is 154 cm³/mol. The van der Waals surface area contributed by atoms with Gasteiger partial charge in [-0.15, -0.1) is 0 Å². The molecule has 0 bridgehead atoms. The third-order valence-corrected chi connectivity index (χ3v) is 6.80. The van der Waals surface area contributed by atoms with E-state index in [-0.39, 0.29) is 0 Å². The Labute approximate surface area is 211 Å². The van der Waals surface area contributed by atoms with E-state index in [1.165, 1.54) is 54.9 Å². The van der Waals surface area contributed by atoms with Crippen LogP contribution in [0.4, 0.5) is 0 Å². The van der Waals surface area contributed by atoms with Gasteiger partial charge in [0, 0.05) is 0 Å². The van der Waals surface area contributed by atoms with Crippen molar-refractivity contribution in [3.8, 4) is 33.4 Å². The quantitative estimate of drug-likeness (QED) is 0.183. The summed E-state index contributed by atoms with van der Waals surface area (Å²) in [6, 6.07) is 45.6. The van der Waals surface area contributed by atoms with Gasteiger partial charge >= 0.3 is 0 Å². The van der Waals surface area contributed by atoms with Crippen molar-refractivity contribution in [3.63, 3.8) is 0 Å². The van der Waals surface area contributed by atoms with Crippen LogP contribution in [0, 0.1) is 0 Å². The van der Waals surface area contributed by atoms with Gasteiger partial charge in [0.15, 0.2) is 0 Å². The van der Waals surface area contributed by atoms with Crippen LogP contribution in [-0.2, 0) is 4.74 Å². The molecule has 0 heterocycles. The summed E-state index contributed by atoms with van der Waals surface area (Å²) in [5.41, 5.74) is 8.50. The normalized spacial score (nSPS) is 11.4. The highest BCUT2D eigenvalue weighted by molar-refractivity contribution is 6.22. The molecular formula is C35H26O. The maximum Gasteiger partial charge on any atom is 0.0830 e. The summed E-state index contributed by atoms with van der Waals surface area (Å²) in [5, 5.41) is 5.04. The van der Waals surface area contributed by atoms with Crippen molar-refractivity contribution in [1.29, 1.82) is 0 Å². The van der Waals surface area contributed by atoms with E-state index in [0.29, 0.717) is 0 Å². The molecule has 0 radical (unpaired) electrons. The molecule has 0 aliphatic heterocycles. The first-order chi connectivity index (χ1) is 17.8. The van der Waals surface area contributed by atoms with Gasteiger partial charge < -0.3 is 4.74 Å². The van der Waals surface area contributed by atoms with E-state index in [4.69, 9.17) is 4.74 Å². The van der Waals surface area contributed by atoms with Crippen molar-refractivity contribution in [1.82, 2.24) is 0 Å². The number of rotatable bonds is 5. The average molecular weight is 463 g/mol. The van der Waals surface area contributed by atoms with Crippen molar-refractivity contribution < 1.29 is 4.74 Å². The minimum atomic E-state index is 1.13. The number of fused-ring (bicyclic) bond motifs is 2. The number of ether oxygens (including phenoxy) is 1. The molecule has 36 heavy (non-hydrogen) atoms. The van der Waals surface area contributed by atoms with Crippen molar-refractivity contribution in [2.75, 3.05) is 7.11 Å². The van der Waals surface area contributed by atoms with Crippen LogP contribution in [0.5, 0.6) is 0 Å². The minimum absolute atomic E-state index is 1.13. The highest BCUT2D eigenvalue weighted by Gasteiger charge is 2.17. The largest absolute Gasteiger partial charge is 0.504 e. The van der Waals surface area contributed by atoms with E-state index in [2.05, 4.69) is 127 Å². The molecule has 0 atom stereocenters. The molecule has 0 spiro atoms. The molecule has 0 saturated carbocycles. The van der Waals surface area contributed by atoms with Crippen LogP contribution in [-0.4, -0.2) is 7.11 Å². The van der Waals surface area contributed by atoms with Crippen LogP contribution < -0.4 is 0 Å². The van der Waals surface area contributed by atoms with Crippen LogP contribution >= 0.6 is 0 Å². The number of hydrogen-bond acceptors (Lipinski definition) is 1. The molecular weight excluding hydrogens is 436 g/mol. The van der Waals surface area contributed by atoms with Gasteiger partial charge in [0.05, 0.1) is 13.4 Å². The molecule has 172 valence electrons. The summed E-state index contributed by atoms with van der Waals surface area (Å²) < 4.78 is 5.22. The molecule has 6 rings (SSSR count). The lowest BCUT2D eigenvalue weighted by Crippen LogP contribution is -1.92. The maximum atomic E-state index is 5.22. The standard InChI is InChI=1S/C35H26O/c1-36-23-22-25-12-8-9-17-29(25)28-20-21-32-33(24-28)35(27-15-6-3-7-16-27)31-19-11-10-18-30(31)34(32)26-13-4-2-5-14-26/h2-24H,1H3. The van der Waals surface area contributed by atoms with Crippen LogP contribution in [0.1, 0.15) is 5.56 Å². The topological polar surface area (TPSA) is 9.23 Å². The fourth-order valence-electron chi connectivity index (χ4n) is 5.22. The predicted octanol–water partition coefficient (Wildman–Crippen LogP) is 9.61. The lowest BCUT2D eigenvalue weighted by atomic mass is 9.84. The van der Waals surface area contributed by atoms with Crippen molar-refractivity contribution in [3.05, 3.63) is 139 Å². The van der Waals surface area contributed by atoms with Gasteiger partial charge in [-0.05, 0) is 72.6 Å². The Bertz CT molecular complexity index is 1700. The Kier molecular flexibility index (Phi) is 5.81. The van der Waals surface area contributed by atoms with E-state index < -0.39 is 0 Å². The molecule has 1 nitrogen and oxygen atoms in total. The summed E-state index contributed by atoms with van der Waals surface area (Å²) in [6.07, 6.45) is 3.75. The van der Waals surface area contributed by atoms with Gasteiger partial charge in [0.25, 0.3) is 0 Å². The van der Waals surface area contributed by atoms with Crippen LogP contribution in [0.25, 0.3) is 61.0 Å². The Morgan fingerprint density at radius 2 is 1.00 bits per heavy atom. The fraction of sp³-hybridized carbons (Fsp3) is 0.0286. The van der Waals surface area contributed by atoms with Crippen molar-refractivity contribution in [2.45, 2.75) is 0 Å². The Morgan fingerprint density at radius 3 is 1.64 bits per heavy atom. The lowest BCUT2D eigenvalue weighted by molar-refractivity contribution is 0.341. The third-order valence-electron chi connectivity index (χ3n) is 6.80. The van der Waals surface area contributed by atoms with E-state index in [0.717, 1.165) is 5.56 Å². The molecule has 6 aromatic rings. The monoisotopic (exact) mass is 462 g/mol. The number of benzene rings is 6. The van der Waals surface area contributed by atoms with Gasteiger partial charge in [-0.25, -0.2) is 0 Å². The number of methoxy groups -OCH3 is 1. The SMILES string of the molecule is COC=Cc1ccccc1-c1ccc2c(-c3ccccc3)c3ccccc3c(-c3ccccc3)c2c1. The average Bonchev–Trinajstić information content (AvgIpc) is 2.95. The molecule has 0 amide bonds. The molecule has 6 aromatic carbocycles. The van der Waals surface area contributed by atoms with Gasteiger partial charge in [-0.2, -0.15) is 0 Å². The van der Waals surface area contributed by atoms with Gasteiger partial charge in [-0.3, -0.25) is 0 Å². The van der Waals surface area contributed by atoms with E-state index >= 15 is 0 Å². The second-order valence-corrected chi connectivity index (χ2v) is 8.91. The molecule has 0 N–H and O–H groups in total. The van der Waals surface area contributed by atoms with Gasteiger partial charge in [-0.1, -0.05) is 121 Å². The second-order valence-electron chi connectivity index (χ2n) is 8.91. The highest BCUT2D eigenvalue weighted by atomic mass is 16.5. The van der Waals surface area contributed by atoms with Gasteiger partial charge in [0.1, 0.15) is 0 Å². The number of hydrogen-bond donors (Lipinski definition) is 0. The van der Waals surface area contributed by atoms with Crippen LogP contribution in [0.2, 0.25) is 0 Å². The van der Waals surface area contributed by atoms with Crippen molar-refractivity contribution >= 4 is 27.6 Å². The third kappa shape index (κ3) is 3.85. The Balaban J connectivity index is 1.74. The zero-order chi connectivity index (χ0) is 24.3. The summed E-state index contributed by atoms with van der Waals surface area (Å²) in [4.78, 5) is 0. The van der Waals surface area contributed by atoms with E-state index in [1.807, 2.05) is 6.08 Å². The molecule has 0 fully saturated rings. The molecule has 0 aromatic heterocycles. The van der Waals surface area contributed by atoms with E-state index in [1.54, 1.807) is 13.4 Å². The molecule has 0 unspecified atom stereocenters. The smallest absolute Gasteiger partial charge is 0.0830 e. The maximum absolute atomic E-state index is 5.22.